The third-order valence-corrected chi connectivity index (χ3v) is 15.8. The van der Waals surface area contributed by atoms with Crippen molar-refractivity contribution in [2.45, 2.75) is 317 Å². The van der Waals surface area contributed by atoms with Gasteiger partial charge in [-0.05, 0) is 85.8 Å². The monoisotopic (exact) mass is 1090 g/mol. The second kappa shape index (κ2) is 50.3. The number of hydrogen-bond donors (Lipinski definition) is 0. The minimum absolute atomic E-state index is 0.819. The fourth-order valence-corrected chi connectivity index (χ4v) is 10.9. The van der Waals surface area contributed by atoms with Crippen LogP contribution < -0.4 is 0 Å². The Hall–Kier alpha value is -2.95. The van der Waals surface area contributed by atoms with E-state index in [1.165, 1.54) is 252 Å². The molecular formula is C71H116N2NiO2. The molecule has 0 atom stereocenters. The van der Waals surface area contributed by atoms with Crippen molar-refractivity contribution < 1.29 is 27.5 Å². The SMILES string of the molecule is CCCCCCCCCCCCCCCCCCC#CCCc1ccc(CC)cc1C1=CC(CCCCC)=C(c2cc(CC)ccc2CCC#CCCCCCCCCCCCCCCCCCC)[N+]1=[N-].C[O][Ni][O]C. The molecule has 0 aliphatic carbocycles. The van der Waals surface area contributed by atoms with Gasteiger partial charge < -0.3 is 5.53 Å². The Morgan fingerprint density at radius 1 is 0.395 bits per heavy atom. The van der Waals surface area contributed by atoms with Crippen LogP contribution in [-0.2, 0) is 48.5 Å². The Bertz CT molecular complexity index is 1940. The van der Waals surface area contributed by atoms with Crippen molar-refractivity contribution >= 4 is 11.4 Å². The van der Waals surface area contributed by atoms with E-state index in [1.54, 1.807) is 18.9 Å². The van der Waals surface area contributed by atoms with Gasteiger partial charge in [0.25, 0.3) is 0 Å². The van der Waals surface area contributed by atoms with Gasteiger partial charge in [0.1, 0.15) is 0 Å². The van der Waals surface area contributed by atoms with Crippen molar-refractivity contribution in [3.8, 4) is 23.7 Å². The fraction of sp³-hybridized carbons (Fsp3) is 0.718. The van der Waals surface area contributed by atoms with Crippen molar-refractivity contribution in [1.29, 1.82) is 0 Å². The first-order valence-corrected chi connectivity index (χ1v) is 33.0. The van der Waals surface area contributed by atoms with E-state index < -0.39 is 0 Å². The molecule has 0 saturated heterocycles. The van der Waals surface area contributed by atoms with Crippen molar-refractivity contribution in [3.63, 3.8) is 0 Å². The Kier molecular flexibility index (Phi) is 45.8. The van der Waals surface area contributed by atoms with Gasteiger partial charge in [-0.25, -0.2) is 4.70 Å². The molecular weight excluding hydrogens is 971 g/mol. The van der Waals surface area contributed by atoms with Gasteiger partial charge in [-0.15, -0.1) is 23.7 Å². The van der Waals surface area contributed by atoms with Gasteiger partial charge in [-0.2, -0.15) is 0 Å². The normalized spacial score (nSPS) is 12.1. The molecule has 0 unspecified atom stereocenters. The summed E-state index contributed by atoms with van der Waals surface area (Å²) in [6.07, 6.45) is 59.0. The summed E-state index contributed by atoms with van der Waals surface area (Å²) >= 11 is 0.819. The van der Waals surface area contributed by atoms with Crippen molar-refractivity contribution in [2.75, 3.05) is 14.2 Å². The van der Waals surface area contributed by atoms with Crippen LogP contribution in [0.1, 0.15) is 325 Å². The van der Waals surface area contributed by atoms with Gasteiger partial charge >= 0.3 is 37.1 Å². The molecule has 0 bridgehead atoms. The van der Waals surface area contributed by atoms with Crippen LogP contribution in [0.5, 0.6) is 0 Å². The number of benzene rings is 2. The van der Waals surface area contributed by atoms with Gasteiger partial charge in [-0.1, -0.05) is 264 Å². The standard InChI is InChI=1S/C69H110N2.2CH3O.Ni/c1-6-11-14-16-18-20-22-24-26-28-30-32-34-36-38-40-42-44-46-49-51-63-56-54-61(9-4)58-66(63)68-60-65(53-48-13-8-3)69(71(68)70)67-59-62(10-5)55-57-64(67)52-50-47-45-43-41-39-37-35-33-31-29-27-25-23-21-19-17-15-12-7-2;2*1-2;/h54-60H,6-43,48-53H2,1-5H3;2*1H3;/q;2*-1;+2. The van der Waals surface area contributed by atoms with Gasteiger partial charge in [-0.3, -0.25) is 0 Å². The third-order valence-electron chi connectivity index (χ3n) is 15.5. The Morgan fingerprint density at radius 2 is 0.724 bits per heavy atom. The maximum absolute atomic E-state index is 12.4. The van der Waals surface area contributed by atoms with E-state index in [2.05, 4.69) is 109 Å². The summed E-state index contributed by atoms with van der Waals surface area (Å²) in [7, 11) is 3.12. The molecule has 0 spiro atoms. The van der Waals surface area contributed by atoms with E-state index >= 15 is 0 Å². The number of allylic oxidation sites excluding steroid dienone is 2. The molecule has 4 nitrogen and oxygen atoms in total. The summed E-state index contributed by atoms with van der Waals surface area (Å²) in [6.45, 7) is 11.4. The molecule has 5 heteroatoms. The number of rotatable bonds is 46. The second-order valence-corrected chi connectivity index (χ2v) is 23.0. The van der Waals surface area contributed by atoms with Crippen LogP contribution >= 0.6 is 0 Å². The van der Waals surface area contributed by atoms with Crippen LogP contribution in [0.25, 0.3) is 16.9 Å². The molecule has 3 rings (SSSR count). The first kappa shape index (κ1) is 69.2. The number of nitrogens with zero attached hydrogens (tertiary/aromatic N) is 2. The van der Waals surface area contributed by atoms with Gasteiger partial charge in [0, 0.05) is 48.5 Å². The van der Waals surface area contributed by atoms with Crippen LogP contribution in [0.3, 0.4) is 0 Å². The quantitative estimate of drug-likeness (QED) is 0.0287. The summed E-state index contributed by atoms with van der Waals surface area (Å²) in [4.78, 5) is 0. The second-order valence-electron chi connectivity index (χ2n) is 22.0. The van der Waals surface area contributed by atoms with Crippen LogP contribution in [-0.4, -0.2) is 18.9 Å². The van der Waals surface area contributed by atoms with E-state index in [0.29, 0.717) is 0 Å². The first-order valence-electron chi connectivity index (χ1n) is 32.2. The van der Waals surface area contributed by atoms with Crippen LogP contribution in [0.2, 0.25) is 0 Å². The molecule has 0 amide bonds. The summed E-state index contributed by atoms with van der Waals surface area (Å²) in [5, 5.41) is 0. The van der Waals surface area contributed by atoms with E-state index in [1.807, 2.05) is 0 Å². The molecule has 1 aliphatic rings. The summed E-state index contributed by atoms with van der Waals surface area (Å²) in [5.74, 6) is 14.1. The van der Waals surface area contributed by atoms with Crippen molar-refractivity contribution in [3.05, 3.63) is 87.0 Å². The van der Waals surface area contributed by atoms with E-state index in [0.717, 1.165) is 96.2 Å². The van der Waals surface area contributed by atoms with Crippen LogP contribution in [0, 0.1) is 23.7 Å². The Balaban J connectivity index is 0.00000376. The average Bonchev–Trinajstić information content (AvgIpc) is 3.77. The van der Waals surface area contributed by atoms with Crippen LogP contribution in [0.15, 0.2) is 48.0 Å². The van der Waals surface area contributed by atoms with E-state index in [9.17, 15) is 5.53 Å². The van der Waals surface area contributed by atoms with E-state index in [4.69, 9.17) is 0 Å². The zero-order valence-electron chi connectivity index (χ0n) is 50.7. The molecule has 76 heavy (non-hydrogen) atoms. The summed E-state index contributed by atoms with van der Waals surface area (Å²) < 4.78 is 10.4. The maximum atomic E-state index is 12.4. The van der Waals surface area contributed by atoms with Gasteiger partial charge in [0.05, 0.1) is 0 Å². The van der Waals surface area contributed by atoms with Gasteiger partial charge in [0.2, 0.25) is 11.4 Å². The topological polar surface area (TPSA) is 43.8 Å². The molecule has 0 radical (unpaired) electrons. The third kappa shape index (κ3) is 33.5. The molecule has 0 fully saturated rings. The average molecular weight is 1090 g/mol. The molecule has 0 N–H and O–H groups in total. The Labute approximate surface area is 478 Å². The molecule has 432 valence electrons. The predicted molar refractivity (Wildman–Crippen MR) is 329 cm³/mol. The summed E-state index contributed by atoms with van der Waals surface area (Å²) in [6, 6.07) is 13.9. The number of hydrogen-bond acceptors (Lipinski definition) is 2. The minimum atomic E-state index is 0.819. The molecule has 0 aromatic heterocycles. The summed E-state index contributed by atoms with van der Waals surface area (Å²) in [5.41, 5.74) is 23.1. The zero-order chi connectivity index (χ0) is 54.8. The molecule has 2 aromatic rings. The zero-order valence-corrected chi connectivity index (χ0v) is 51.7. The predicted octanol–water partition coefficient (Wildman–Crippen LogP) is 22.6. The van der Waals surface area contributed by atoms with Crippen molar-refractivity contribution in [2.24, 2.45) is 0 Å². The van der Waals surface area contributed by atoms with E-state index in [-0.39, 0.29) is 0 Å². The Morgan fingerprint density at radius 3 is 1.08 bits per heavy atom. The van der Waals surface area contributed by atoms with Crippen LogP contribution in [0.4, 0.5) is 0 Å². The fourth-order valence-electron chi connectivity index (χ4n) is 10.7. The van der Waals surface area contributed by atoms with Gasteiger partial charge in [0.15, 0.2) is 0 Å². The molecule has 1 aliphatic heterocycles. The number of aryl methyl sites for hydroxylation is 4. The first-order chi connectivity index (χ1) is 37.5. The molecule has 0 saturated carbocycles. The van der Waals surface area contributed by atoms with Crippen molar-refractivity contribution in [1.82, 2.24) is 0 Å². The molecule has 2 aromatic carbocycles. The number of unbranched alkanes of at least 4 members (excludes halogenated alkanes) is 34. The molecule has 1 heterocycles.